The molecule has 0 aliphatic carbocycles. The Hall–Kier alpha value is -1.88. The van der Waals surface area contributed by atoms with Gasteiger partial charge in [-0.25, -0.2) is 8.78 Å². The van der Waals surface area contributed by atoms with Crippen molar-refractivity contribution in [2.24, 2.45) is 0 Å². The summed E-state index contributed by atoms with van der Waals surface area (Å²) in [5.41, 5.74) is 0.212. The van der Waals surface area contributed by atoms with E-state index in [0.717, 1.165) is 18.2 Å². The summed E-state index contributed by atoms with van der Waals surface area (Å²) in [7, 11) is 0. The Balaban J connectivity index is 2.17. The van der Waals surface area contributed by atoms with Crippen molar-refractivity contribution in [1.29, 1.82) is 0 Å². The van der Waals surface area contributed by atoms with Gasteiger partial charge in [-0.15, -0.1) is 0 Å². The standard InChI is InChI=1S/C21H15BrCl3F5N2O2/c22-14-5-10(1-3-12(14)20(34)32-9-18(33)31-8-17(26)27)2-4-13(21(28,29)30)11-6-15(23)19(25)16(24)7-11/h1-7,13,17H,8-9H2,(H,31,33)(H,32,34)/b4-2+. The molecule has 4 nitrogen and oxygen atoms in total. The van der Waals surface area contributed by atoms with Crippen molar-refractivity contribution in [2.75, 3.05) is 13.1 Å². The molecule has 2 amide bonds. The van der Waals surface area contributed by atoms with E-state index in [4.69, 9.17) is 34.8 Å². The van der Waals surface area contributed by atoms with Gasteiger partial charge in [0, 0.05) is 4.47 Å². The number of allylic oxidation sites excluding steroid dienone is 1. The lowest BCUT2D eigenvalue weighted by Gasteiger charge is -2.18. The average Bonchev–Trinajstić information content (AvgIpc) is 2.73. The van der Waals surface area contributed by atoms with Gasteiger partial charge in [0.2, 0.25) is 5.91 Å². The van der Waals surface area contributed by atoms with Gasteiger partial charge in [0.15, 0.2) is 0 Å². The quantitative estimate of drug-likeness (QED) is 0.254. The van der Waals surface area contributed by atoms with Gasteiger partial charge in [-0.1, -0.05) is 53.0 Å². The Kier molecular flexibility index (Phi) is 10.2. The summed E-state index contributed by atoms with van der Waals surface area (Å²) in [6, 6.07) is 6.28. The molecular formula is C21H15BrCl3F5N2O2. The van der Waals surface area contributed by atoms with Crippen molar-refractivity contribution < 1.29 is 31.5 Å². The maximum absolute atomic E-state index is 13.7. The number of carbonyl (C=O) groups is 2. The molecule has 0 radical (unpaired) electrons. The van der Waals surface area contributed by atoms with Crippen LogP contribution in [-0.2, 0) is 4.79 Å². The van der Waals surface area contributed by atoms with E-state index in [2.05, 4.69) is 21.2 Å². The minimum atomic E-state index is -4.65. The molecule has 2 aromatic rings. The summed E-state index contributed by atoms with van der Waals surface area (Å²) in [5.74, 6) is -3.52. The van der Waals surface area contributed by atoms with Crippen LogP contribution in [0.5, 0.6) is 0 Å². The van der Waals surface area contributed by atoms with Gasteiger partial charge in [-0.2, -0.15) is 13.2 Å². The molecule has 1 unspecified atom stereocenters. The zero-order valence-corrected chi connectivity index (χ0v) is 20.7. The lowest BCUT2D eigenvalue weighted by atomic mass is 9.97. The highest BCUT2D eigenvalue weighted by molar-refractivity contribution is 9.10. The van der Waals surface area contributed by atoms with Gasteiger partial charge in [-0.3, -0.25) is 9.59 Å². The summed E-state index contributed by atoms with van der Waals surface area (Å²) in [5, 5.41) is 3.91. The van der Waals surface area contributed by atoms with E-state index in [1.54, 1.807) is 0 Å². The first-order valence-electron chi connectivity index (χ1n) is 9.31. The minimum Gasteiger partial charge on any atom is -0.349 e. The van der Waals surface area contributed by atoms with Crippen molar-refractivity contribution in [3.8, 4) is 0 Å². The smallest absolute Gasteiger partial charge is 0.349 e. The third-order valence-corrected chi connectivity index (χ3v) is 6.15. The number of hydrogen-bond acceptors (Lipinski definition) is 2. The molecule has 34 heavy (non-hydrogen) atoms. The van der Waals surface area contributed by atoms with Gasteiger partial charge in [0.05, 0.1) is 39.6 Å². The molecule has 0 aliphatic heterocycles. The van der Waals surface area contributed by atoms with Crippen molar-refractivity contribution in [3.05, 3.63) is 72.6 Å². The van der Waals surface area contributed by atoms with E-state index in [0.29, 0.717) is 5.56 Å². The third-order valence-electron chi connectivity index (χ3n) is 4.30. The van der Waals surface area contributed by atoms with E-state index >= 15 is 0 Å². The van der Waals surface area contributed by atoms with Crippen molar-refractivity contribution in [3.63, 3.8) is 0 Å². The second kappa shape index (κ2) is 12.2. The van der Waals surface area contributed by atoms with Crippen LogP contribution in [0.3, 0.4) is 0 Å². The van der Waals surface area contributed by atoms with Crippen LogP contribution in [-0.4, -0.2) is 37.5 Å². The first-order valence-corrected chi connectivity index (χ1v) is 11.2. The number of carbonyl (C=O) groups excluding carboxylic acids is 2. The van der Waals surface area contributed by atoms with Gasteiger partial charge < -0.3 is 10.6 Å². The molecule has 0 aromatic heterocycles. The maximum Gasteiger partial charge on any atom is 0.399 e. The Bertz CT molecular complexity index is 1070. The van der Waals surface area contributed by atoms with E-state index in [1.165, 1.54) is 24.3 Å². The van der Waals surface area contributed by atoms with Gasteiger partial charge in [0.25, 0.3) is 12.3 Å². The summed E-state index contributed by atoms with van der Waals surface area (Å²) in [6.45, 7) is -1.37. The molecule has 2 aromatic carbocycles. The topological polar surface area (TPSA) is 58.2 Å². The van der Waals surface area contributed by atoms with Crippen molar-refractivity contribution >= 4 is 68.6 Å². The number of rotatable bonds is 8. The third kappa shape index (κ3) is 8.11. The Labute approximate surface area is 214 Å². The number of halogens is 9. The number of nitrogens with one attached hydrogen (secondary N) is 2. The highest BCUT2D eigenvalue weighted by atomic mass is 79.9. The fourth-order valence-corrected chi connectivity index (χ4v) is 3.89. The number of benzene rings is 2. The fourth-order valence-electron chi connectivity index (χ4n) is 2.70. The van der Waals surface area contributed by atoms with Crippen molar-refractivity contribution in [2.45, 2.75) is 18.5 Å². The number of hydrogen-bond donors (Lipinski definition) is 2. The summed E-state index contributed by atoms with van der Waals surface area (Å²) >= 11 is 20.7. The lowest BCUT2D eigenvalue weighted by molar-refractivity contribution is -0.139. The summed E-state index contributed by atoms with van der Waals surface area (Å²) in [4.78, 5) is 23.7. The molecule has 13 heteroatoms. The fraction of sp³-hybridized carbons (Fsp3) is 0.238. The van der Waals surface area contributed by atoms with Gasteiger partial charge >= 0.3 is 6.18 Å². The van der Waals surface area contributed by atoms with E-state index < -0.39 is 43.4 Å². The van der Waals surface area contributed by atoms with Crippen LogP contribution in [0.25, 0.3) is 6.08 Å². The molecule has 0 heterocycles. The van der Waals surface area contributed by atoms with E-state index in [1.807, 2.05) is 5.32 Å². The van der Waals surface area contributed by atoms with Gasteiger partial charge in [0.1, 0.15) is 0 Å². The normalized spacial score (nSPS) is 12.8. The monoisotopic (exact) mass is 606 g/mol. The van der Waals surface area contributed by atoms with Crippen LogP contribution in [0.4, 0.5) is 22.0 Å². The molecule has 0 fully saturated rings. The predicted octanol–water partition coefficient (Wildman–Crippen LogP) is 6.88. The van der Waals surface area contributed by atoms with Crippen molar-refractivity contribution in [1.82, 2.24) is 10.6 Å². The molecule has 0 saturated heterocycles. The van der Waals surface area contributed by atoms with E-state index in [-0.39, 0.29) is 30.7 Å². The number of alkyl halides is 5. The Morgan fingerprint density at radius 3 is 2.18 bits per heavy atom. The molecule has 184 valence electrons. The highest BCUT2D eigenvalue weighted by Crippen LogP contribution is 2.41. The molecule has 2 rings (SSSR count). The zero-order valence-electron chi connectivity index (χ0n) is 16.8. The van der Waals surface area contributed by atoms with Crippen LogP contribution < -0.4 is 10.6 Å². The van der Waals surface area contributed by atoms with Crippen LogP contribution in [0.1, 0.15) is 27.4 Å². The largest absolute Gasteiger partial charge is 0.399 e. The molecule has 1 atom stereocenters. The zero-order chi connectivity index (χ0) is 25.6. The van der Waals surface area contributed by atoms with Crippen LogP contribution in [0, 0.1) is 0 Å². The van der Waals surface area contributed by atoms with Crippen LogP contribution in [0.15, 0.2) is 40.9 Å². The predicted molar refractivity (Wildman–Crippen MR) is 125 cm³/mol. The first kappa shape index (κ1) is 28.4. The molecule has 2 N–H and O–H groups in total. The van der Waals surface area contributed by atoms with Gasteiger partial charge in [-0.05, 0) is 51.3 Å². The minimum absolute atomic E-state index is 0.0544. The second-order valence-corrected chi connectivity index (χ2v) is 8.84. The SMILES string of the molecule is O=C(CNC(=O)c1ccc(/C=C/C(c2cc(Cl)c(Cl)c(Cl)c2)C(F)(F)F)cc1Br)NCC(F)F. The Morgan fingerprint density at radius 1 is 1.03 bits per heavy atom. The highest BCUT2D eigenvalue weighted by Gasteiger charge is 2.39. The summed E-state index contributed by atoms with van der Waals surface area (Å²) < 4.78 is 65.4. The Morgan fingerprint density at radius 2 is 1.65 bits per heavy atom. The van der Waals surface area contributed by atoms with E-state index in [9.17, 15) is 31.5 Å². The first-order chi connectivity index (χ1) is 15.8. The van der Waals surface area contributed by atoms with Crippen LogP contribution in [0.2, 0.25) is 15.1 Å². The molecular weight excluding hydrogens is 593 g/mol. The lowest BCUT2D eigenvalue weighted by Crippen LogP contribution is -2.38. The summed E-state index contributed by atoms with van der Waals surface area (Å²) in [6.07, 6.45) is -5.26. The molecule has 0 spiro atoms. The average molecular weight is 609 g/mol. The van der Waals surface area contributed by atoms with Crippen LogP contribution >= 0.6 is 50.7 Å². The number of amides is 2. The maximum atomic E-state index is 13.7. The molecule has 0 saturated carbocycles. The molecule has 0 aliphatic rings. The second-order valence-electron chi connectivity index (χ2n) is 6.79. The molecule has 0 bridgehead atoms.